The second kappa shape index (κ2) is 7.24. The highest BCUT2D eigenvalue weighted by atomic mass is 35.5. The van der Waals surface area contributed by atoms with Crippen LogP contribution in [-0.2, 0) is 14.3 Å². The Balaban J connectivity index is 2.54. The third kappa shape index (κ3) is 3.19. The van der Waals surface area contributed by atoms with Crippen molar-refractivity contribution in [3.63, 3.8) is 0 Å². The summed E-state index contributed by atoms with van der Waals surface area (Å²) in [5.41, 5.74) is 0.986. The van der Waals surface area contributed by atoms with Crippen LogP contribution in [0.25, 0.3) is 0 Å². The standard InChI is InChI=1S/C16H14Cl4O4/c1-7-9(17)5-10(18)15(12(7)19)24-11-6-16(22-3,23-4)8(2)13(20)14(11)21/h5-6H,1-4H3. The first-order valence-corrected chi connectivity index (χ1v) is 8.26. The van der Waals surface area contributed by atoms with Crippen molar-refractivity contribution in [2.75, 3.05) is 14.2 Å². The lowest BCUT2D eigenvalue weighted by molar-refractivity contribution is -0.146. The van der Waals surface area contributed by atoms with E-state index in [0.717, 1.165) is 0 Å². The molecule has 0 aromatic heterocycles. The lowest BCUT2D eigenvalue weighted by Gasteiger charge is -2.32. The Morgan fingerprint density at radius 1 is 1.00 bits per heavy atom. The number of methoxy groups -OCH3 is 2. The number of ether oxygens (including phenoxy) is 3. The first-order valence-electron chi connectivity index (χ1n) is 6.75. The molecular weight excluding hydrogens is 398 g/mol. The number of allylic oxidation sites excluding steroid dienone is 1. The van der Waals surface area contributed by atoms with E-state index < -0.39 is 11.6 Å². The number of carbonyl (C=O) groups is 1. The molecule has 0 fully saturated rings. The Morgan fingerprint density at radius 3 is 2.12 bits per heavy atom. The van der Waals surface area contributed by atoms with Crippen LogP contribution in [0.3, 0.4) is 0 Å². The molecule has 0 atom stereocenters. The molecule has 1 aliphatic rings. The van der Waals surface area contributed by atoms with Crippen molar-refractivity contribution in [3.8, 4) is 5.75 Å². The van der Waals surface area contributed by atoms with Crippen molar-refractivity contribution in [2.45, 2.75) is 19.6 Å². The summed E-state index contributed by atoms with van der Waals surface area (Å²) in [4.78, 5) is 12.4. The molecule has 1 aromatic rings. The fourth-order valence-corrected chi connectivity index (χ4v) is 3.29. The van der Waals surface area contributed by atoms with Gasteiger partial charge in [0.05, 0.1) is 15.1 Å². The molecule has 0 radical (unpaired) electrons. The number of ketones is 1. The SMILES string of the molecule is COC1(OC)C=C(Oc2c(Cl)cc(Cl)c(C)c2Cl)C(=O)C(Cl)=C1C. The predicted octanol–water partition coefficient (Wildman–Crippen LogP) is 5.30. The topological polar surface area (TPSA) is 44.8 Å². The molecule has 1 aromatic carbocycles. The first-order chi connectivity index (χ1) is 11.2. The van der Waals surface area contributed by atoms with E-state index in [2.05, 4.69) is 0 Å². The Labute approximate surface area is 159 Å². The van der Waals surface area contributed by atoms with Gasteiger partial charge in [0.15, 0.2) is 11.5 Å². The van der Waals surface area contributed by atoms with Crippen LogP contribution >= 0.6 is 46.4 Å². The lowest BCUT2D eigenvalue weighted by atomic mass is 9.98. The summed E-state index contributed by atoms with van der Waals surface area (Å²) >= 11 is 24.5. The molecule has 8 heteroatoms. The van der Waals surface area contributed by atoms with Crippen LogP contribution in [0.5, 0.6) is 5.75 Å². The average molecular weight is 412 g/mol. The third-order valence-corrected chi connectivity index (χ3v) is 5.36. The molecule has 0 saturated heterocycles. The van der Waals surface area contributed by atoms with Gasteiger partial charge in [0, 0.05) is 30.9 Å². The van der Waals surface area contributed by atoms with Gasteiger partial charge in [0.1, 0.15) is 0 Å². The summed E-state index contributed by atoms with van der Waals surface area (Å²) in [6.07, 6.45) is 1.38. The van der Waals surface area contributed by atoms with E-state index in [-0.39, 0.29) is 26.6 Å². The maximum atomic E-state index is 12.4. The minimum absolute atomic E-state index is 0.0610. The smallest absolute Gasteiger partial charge is 0.239 e. The molecule has 2 rings (SSSR count). The van der Waals surface area contributed by atoms with Crippen molar-refractivity contribution in [1.82, 2.24) is 0 Å². The molecule has 0 N–H and O–H groups in total. The molecular formula is C16H14Cl4O4. The summed E-state index contributed by atoms with van der Waals surface area (Å²) in [6.45, 7) is 3.34. The molecule has 4 nitrogen and oxygen atoms in total. The van der Waals surface area contributed by atoms with Gasteiger partial charge in [-0.25, -0.2) is 0 Å². The number of Topliss-reactive ketones (excluding diaryl/α,β-unsaturated/α-hetero) is 1. The highest BCUT2D eigenvalue weighted by molar-refractivity contribution is 6.46. The molecule has 130 valence electrons. The fourth-order valence-electron chi connectivity index (χ4n) is 2.23. The maximum Gasteiger partial charge on any atom is 0.239 e. The van der Waals surface area contributed by atoms with Crippen LogP contribution in [0.1, 0.15) is 12.5 Å². The molecule has 0 saturated carbocycles. The predicted molar refractivity (Wildman–Crippen MR) is 95.2 cm³/mol. The lowest BCUT2D eigenvalue weighted by Crippen LogP contribution is -2.38. The van der Waals surface area contributed by atoms with Gasteiger partial charge < -0.3 is 14.2 Å². The Morgan fingerprint density at radius 2 is 1.58 bits per heavy atom. The van der Waals surface area contributed by atoms with Crippen LogP contribution in [0.15, 0.2) is 28.5 Å². The summed E-state index contributed by atoms with van der Waals surface area (Å²) in [7, 11) is 2.85. The minimum atomic E-state index is -1.32. The van der Waals surface area contributed by atoms with Crippen molar-refractivity contribution in [2.24, 2.45) is 0 Å². The summed E-state index contributed by atoms with van der Waals surface area (Å²) < 4.78 is 16.4. The average Bonchev–Trinajstić information content (AvgIpc) is 2.57. The van der Waals surface area contributed by atoms with Gasteiger partial charge in [-0.15, -0.1) is 0 Å². The van der Waals surface area contributed by atoms with Crippen LogP contribution in [0.2, 0.25) is 15.1 Å². The summed E-state index contributed by atoms with van der Waals surface area (Å²) in [6, 6.07) is 1.48. The van der Waals surface area contributed by atoms with Crippen molar-refractivity contribution in [1.29, 1.82) is 0 Å². The Hall–Kier alpha value is -0.750. The Kier molecular flexibility index (Phi) is 5.91. The van der Waals surface area contributed by atoms with Crippen molar-refractivity contribution in [3.05, 3.63) is 49.1 Å². The van der Waals surface area contributed by atoms with E-state index in [9.17, 15) is 4.79 Å². The largest absolute Gasteiger partial charge is 0.450 e. The molecule has 24 heavy (non-hydrogen) atoms. The van der Waals surface area contributed by atoms with Gasteiger partial charge in [-0.2, -0.15) is 0 Å². The molecule has 0 amide bonds. The van der Waals surface area contributed by atoms with Crippen LogP contribution in [-0.4, -0.2) is 25.8 Å². The van der Waals surface area contributed by atoms with Gasteiger partial charge in [0.25, 0.3) is 0 Å². The number of hydrogen-bond acceptors (Lipinski definition) is 4. The van der Waals surface area contributed by atoms with E-state index in [1.165, 1.54) is 26.4 Å². The molecule has 0 aliphatic heterocycles. The minimum Gasteiger partial charge on any atom is -0.450 e. The number of rotatable bonds is 4. The van der Waals surface area contributed by atoms with Crippen molar-refractivity contribution >= 4 is 52.2 Å². The number of carbonyl (C=O) groups excluding carboxylic acids is 1. The van der Waals surface area contributed by atoms with Crippen LogP contribution in [0, 0.1) is 6.92 Å². The number of hydrogen-bond donors (Lipinski definition) is 0. The zero-order chi connectivity index (χ0) is 18.2. The zero-order valence-corrected chi connectivity index (χ0v) is 16.3. The zero-order valence-electron chi connectivity index (χ0n) is 13.3. The monoisotopic (exact) mass is 410 g/mol. The second-order valence-electron chi connectivity index (χ2n) is 5.06. The van der Waals surface area contributed by atoms with Crippen LogP contribution in [0.4, 0.5) is 0 Å². The van der Waals surface area contributed by atoms with E-state index in [0.29, 0.717) is 16.2 Å². The summed E-state index contributed by atoms with van der Waals surface area (Å²) in [5, 5.41) is 0.684. The highest BCUT2D eigenvalue weighted by Crippen LogP contribution is 2.42. The number of benzene rings is 1. The van der Waals surface area contributed by atoms with E-state index in [1.54, 1.807) is 13.8 Å². The van der Waals surface area contributed by atoms with Gasteiger partial charge in [-0.3, -0.25) is 4.79 Å². The van der Waals surface area contributed by atoms with Crippen LogP contribution < -0.4 is 4.74 Å². The maximum absolute atomic E-state index is 12.4. The normalized spacial score (nSPS) is 17.2. The van der Waals surface area contributed by atoms with E-state index >= 15 is 0 Å². The Bertz CT molecular complexity index is 764. The molecule has 1 aliphatic carbocycles. The van der Waals surface area contributed by atoms with Gasteiger partial charge in [0.2, 0.25) is 11.6 Å². The quantitative estimate of drug-likeness (QED) is 0.630. The van der Waals surface area contributed by atoms with E-state index in [1.807, 2.05) is 0 Å². The molecule has 0 unspecified atom stereocenters. The summed E-state index contributed by atoms with van der Waals surface area (Å²) in [5.74, 6) is -1.86. The highest BCUT2D eigenvalue weighted by Gasteiger charge is 2.40. The van der Waals surface area contributed by atoms with Gasteiger partial charge in [-0.1, -0.05) is 46.4 Å². The molecule has 0 bridgehead atoms. The first kappa shape index (κ1) is 19.6. The molecule has 0 spiro atoms. The molecule has 0 heterocycles. The second-order valence-corrected chi connectivity index (χ2v) is 6.63. The van der Waals surface area contributed by atoms with Gasteiger partial charge in [-0.05, 0) is 25.5 Å². The van der Waals surface area contributed by atoms with Gasteiger partial charge >= 0.3 is 0 Å². The van der Waals surface area contributed by atoms with E-state index in [4.69, 9.17) is 60.6 Å². The number of halogens is 4. The fraction of sp³-hybridized carbons (Fsp3) is 0.312. The third-order valence-electron chi connectivity index (χ3n) is 3.77. The van der Waals surface area contributed by atoms with Crippen molar-refractivity contribution < 1.29 is 19.0 Å².